The SMILES string of the molecule is CNC1CCc2nnn(C3CC3)c21. The van der Waals surface area contributed by atoms with E-state index in [4.69, 9.17) is 0 Å². The molecule has 0 saturated heterocycles. The van der Waals surface area contributed by atoms with Gasteiger partial charge in [0.15, 0.2) is 0 Å². The Balaban J connectivity index is 2.03. The number of nitrogens with one attached hydrogen (secondary N) is 1. The van der Waals surface area contributed by atoms with Gasteiger partial charge in [-0.2, -0.15) is 0 Å². The van der Waals surface area contributed by atoms with Gasteiger partial charge >= 0.3 is 0 Å². The zero-order chi connectivity index (χ0) is 8.84. The van der Waals surface area contributed by atoms with Crippen LogP contribution in [0.5, 0.6) is 0 Å². The maximum absolute atomic E-state index is 4.23. The number of aromatic nitrogens is 3. The molecular formula is C9H14N4. The highest BCUT2D eigenvalue weighted by Gasteiger charge is 2.34. The van der Waals surface area contributed by atoms with Crippen molar-refractivity contribution in [3.63, 3.8) is 0 Å². The van der Waals surface area contributed by atoms with Crippen LogP contribution >= 0.6 is 0 Å². The molecule has 0 aliphatic heterocycles. The molecule has 1 atom stereocenters. The summed E-state index contributed by atoms with van der Waals surface area (Å²) in [4.78, 5) is 0. The fraction of sp³-hybridized carbons (Fsp3) is 0.778. The largest absolute Gasteiger partial charge is 0.312 e. The van der Waals surface area contributed by atoms with Gasteiger partial charge in [0.05, 0.1) is 23.5 Å². The van der Waals surface area contributed by atoms with Gasteiger partial charge in [0.25, 0.3) is 0 Å². The molecular weight excluding hydrogens is 164 g/mol. The van der Waals surface area contributed by atoms with Crippen LogP contribution in [-0.4, -0.2) is 22.0 Å². The predicted molar refractivity (Wildman–Crippen MR) is 48.4 cm³/mol. The Bertz CT molecular complexity index is 326. The number of hydrogen-bond donors (Lipinski definition) is 1. The van der Waals surface area contributed by atoms with E-state index in [1.54, 1.807) is 0 Å². The standard InChI is InChI=1S/C9H14N4/c1-10-7-4-5-8-9(7)13(12-11-8)6-2-3-6/h6-7,10H,2-5H2,1H3. The van der Waals surface area contributed by atoms with Crippen molar-refractivity contribution in [3.8, 4) is 0 Å². The van der Waals surface area contributed by atoms with Gasteiger partial charge in [0.1, 0.15) is 0 Å². The Kier molecular flexibility index (Phi) is 1.47. The number of aryl methyl sites for hydroxylation is 1. The molecule has 0 aromatic carbocycles. The zero-order valence-electron chi connectivity index (χ0n) is 7.82. The quantitative estimate of drug-likeness (QED) is 0.729. The Morgan fingerprint density at radius 3 is 2.92 bits per heavy atom. The number of nitrogens with zero attached hydrogens (tertiary/aromatic N) is 3. The molecule has 4 heteroatoms. The van der Waals surface area contributed by atoms with Crippen molar-refractivity contribution in [2.45, 2.75) is 37.8 Å². The molecule has 1 aromatic rings. The van der Waals surface area contributed by atoms with Crippen LogP contribution in [0.25, 0.3) is 0 Å². The van der Waals surface area contributed by atoms with Gasteiger partial charge < -0.3 is 5.32 Å². The average Bonchev–Trinajstić information content (AvgIpc) is 2.78. The molecule has 1 unspecified atom stereocenters. The predicted octanol–water partition coefficient (Wildman–Crippen LogP) is 0.820. The maximum atomic E-state index is 4.23. The van der Waals surface area contributed by atoms with E-state index < -0.39 is 0 Å². The fourth-order valence-corrected chi connectivity index (χ4v) is 2.16. The van der Waals surface area contributed by atoms with Crippen LogP contribution in [-0.2, 0) is 6.42 Å². The Morgan fingerprint density at radius 2 is 2.23 bits per heavy atom. The molecule has 2 aliphatic rings. The summed E-state index contributed by atoms with van der Waals surface area (Å²) in [6, 6.07) is 1.15. The lowest BCUT2D eigenvalue weighted by atomic mass is 10.2. The van der Waals surface area contributed by atoms with Crippen LogP contribution in [0.4, 0.5) is 0 Å². The van der Waals surface area contributed by atoms with E-state index in [1.165, 1.54) is 30.7 Å². The smallest absolute Gasteiger partial charge is 0.0876 e. The molecule has 3 rings (SSSR count). The zero-order valence-corrected chi connectivity index (χ0v) is 7.82. The molecule has 13 heavy (non-hydrogen) atoms. The van der Waals surface area contributed by atoms with E-state index in [2.05, 4.69) is 20.3 Å². The van der Waals surface area contributed by atoms with Gasteiger partial charge in [0.2, 0.25) is 0 Å². The molecule has 4 nitrogen and oxygen atoms in total. The Morgan fingerprint density at radius 1 is 1.38 bits per heavy atom. The first-order chi connectivity index (χ1) is 6.40. The van der Waals surface area contributed by atoms with Crippen molar-refractivity contribution < 1.29 is 0 Å². The van der Waals surface area contributed by atoms with Crippen LogP contribution in [0, 0.1) is 0 Å². The van der Waals surface area contributed by atoms with Gasteiger partial charge in [-0.05, 0) is 32.7 Å². The van der Waals surface area contributed by atoms with Crippen molar-refractivity contribution in [1.82, 2.24) is 20.3 Å². The first-order valence-corrected chi connectivity index (χ1v) is 5.01. The molecule has 0 radical (unpaired) electrons. The first-order valence-electron chi connectivity index (χ1n) is 5.01. The summed E-state index contributed by atoms with van der Waals surface area (Å²) >= 11 is 0. The molecule has 0 bridgehead atoms. The van der Waals surface area contributed by atoms with E-state index in [9.17, 15) is 0 Å². The monoisotopic (exact) mass is 178 g/mol. The second-order valence-electron chi connectivity index (χ2n) is 3.98. The summed E-state index contributed by atoms with van der Waals surface area (Å²) in [6.07, 6.45) is 4.84. The highest BCUT2D eigenvalue weighted by molar-refractivity contribution is 5.22. The molecule has 1 fully saturated rings. The summed E-state index contributed by atoms with van der Waals surface area (Å²) in [5, 5.41) is 11.8. The minimum Gasteiger partial charge on any atom is -0.312 e. The van der Waals surface area contributed by atoms with Crippen molar-refractivity contribution in [1.29, 1.82) is 0 Å². The maximum Gasteiger partial charge on any atom is 0.0876 e. The minimum absolute atomic E-state index is 0.491. The number of hydrogen-bond acceptors (Lipinski definition) is 3. The van der Waals surface area contributed by atoms with E-state index >= 15 is 0 Å². The lowest BCUT2D eigenvalue weighted by molar-refractivity contribution is 0.499. The summed E-state index contributed by atoms with van der Waals surface area (Å²) in [7, 11) is 2.02. The summed E-state index contributed by atoms with van der Waals surface area (Å²) in [5.74, 6) is 0. The molecule has 0 spiro atoms. The van der Waals surface area contributed by atoms with Crippen molar-refractivity contribution in [3.05, 3.63) is 11.4 Å². The molecule has 1 heterocycles. The van der Waals surface area contributed by atoms with Crippen molar-refractivity contribution in [2.24, 2.45) is 0 Å². The molecule has 1 saturated carbocycles. The third-order valence-electron chi connectivity index (χ3n) is 3.05. The summed E-state index contributed by atoms with van der Waals surface area (Å²) < 4.78 is 2.14. The Hall–Kier alpha value is -0.900. The van der Waals surface area contributed by atoms with Gasteiger partial charge in [0, 0.05) is 0 Å². The van der Waals surface area contributed by atoms with E-state index in [1.807, 2.05) is 7.05 Å². The van der Waals surface area contributed by atoms with Crippen LogP contribution < -0.4 is 5.32 Å². The highest BCUT2D eigenvalue weighted by Crippen LogP contribution is 2.39. The second-order valence-corrected chi connectivity index (χ2v) is 3.98. The van der Waals surface area contributed by atoms with Gasteiger partial charge in [-0.1, -0.05) is 5.21 Å². The second kappa shape index (κ2) is 2.54. The Labute approximate surface area is 77.3 Å². The third-order valence-corrected chi connectivity index (χ3v) is 3.05. The third kappa shape index (κ3) is 1.01. The van der Waals surface area contributed by atoms with Crippen LogP contribution in [0.15, 0.2) is 0 Å². The minimum atomic E-state index is 0.491. The van der Waals surface area contributed by atoms with Gasteiger partial charge in [-0.25, -0.2) is 4.68 Å². The lowest BCUT2D eigenvalue weighted by Crippen LogP contribution is -2.17. The van der Waals surface area contributed by atoms with E-state index in [0.29, 0.717) is 12.1 Å². The molecule has 0 amide bonds. The van der Waals surface area contributed by atoms with Crippen LogP contribution in [0.1, 0.15) is 42.7 Å². The van der Waals surface area contributed by atoms with Crippen molar-refractivity contribution in [2.75, 3.05) is 7.05 Å². The topological polar surface area (TPSA) is 42.7 Å². The summed E-state index contributed by atoms with van der Waals surface area (Å²) in [6.45, 7) is 0. The van der Waals surface area contributed by atoms with Crippen molar-refractivity contribution >= 4 is 0 Å². The molecule has 1 aromatic heterocycles. The normalized spacial score (nSPS) is 26.4. The lowest BCUT2D eigenvalue weighted by Gasteiger charge is -2.11. The molecule has 1 N–H and O–H groups in total. The molecule has 70 valence electrons. The average molecular weight is 178 g/mol. The first kappa shape index (κ1) is 7.50. The van der Waals surface area contributed by atoms with E-state index in [0.717, 1.165) is 6.42 Å². The fourth-order valence-electron chi connectivity index (χ4n) is 2.16. The highest BCUT2D eigenvalue weighted by atomic mass is 15.5. The molecule has 2 aliphatic carbocycles. The van der Waals surface area contributed by atoms with Gasteiger partial charge in [-0.3, -0.25) is 0 Å². The van der Waals surface area contributed by atoms with Crippen LogP contribution in [0.2, 0.25) is 0 Å². The van der Waals surface area contributed by atoms with Gasteiger partial charge in [-0.15, -0.1) is 5.10 Å². The number of fused-ring (bicyclic) bond motifs is 1. The van der Waals surface area contributed by atoms with Crippen LogP contribution in [0.3, 0.4) is 0 Å². The van der Waals surface area contributed by atoms with E-state index in [-0.39, 0.29) is 0 Å². The number of rotatable bonds is 2. The summed E-state index contributed by atoms with van der Waals surface area (Å²) in [5.41, 5.74) is 2.57.